The molecule has 1 heterocycles. The van der Waals surface area contributed by atoms with Crippen LogP contribution in [0, 0.1) is 0 Å². The Kier molecular flexibility index (Phi) is 28.2. The highest BCUT2D eigenvalue weighted by atomic mass is 32.2. The summed E-state index contributed by atoms with van der Waals surface area (Å²) in [7, 11) is -2.63. The smallest absolute Gasteiger partial charge is 0.186 e. The zero-order valence-electron chi connectivity index (χ0n) is 31.7. The summed E-state index contributed by atoms with van der Waals surface area (Å²) in [5.41, 5.74) is 0. The molecule has 0 aromatic rings. The van der Waals surface area contributed by atoms with Gasteiger partial charge in [0.25, 0.3) is 0 Å². The molecule has 0 aromatic heterocycles. The molecule has 0 spiro atoms. The van der Waals surface area contributed by atoms with E-state index in [2.05, 4.69) is 17.9 Å². The summed E-state index contributed by atoms with van der Waals surface area (Å²) < 4.78 is 42.1. The lowest BCUT2D eigenvalue weighted by atomic mass is 9.99. The lowest BCUT2D eigenvalue weighted by Gasteiger charge is -2.40. The SMILES string of the molecule is C=C(F)CCCCCCCCCCCCS(C)(=O)=N[C@@H](COC1OC(CO)C(O)C(O)C1O)[C@H](O)CCCCCCCCCCCCCCC. The van der Waals surface area contributed by atoms with E-state index in [4.69, 9.17) is 9.47 Å². The van der Waals surface area contributed by atoms with Crippen LogP contribution in [0.4, 0.5) is 4.39 Å². The molecule has 1 aliphatic rings. The molecule has 298 valence electrons. The molecule has 1 rings (SSSR count). The number of rotatable bonds is 33. The van der Waals surface area contributed by atoms with Crippen LogP contribution in [-0.4, -0.2) is 97.8 Å². The van der Waals surface area contributed by atoms with Crippen LogP contribution in [0.5, 0.6) is 0 Å². The summed E-state index contributed by atoms with van der Waals surface area (Å²) >= 11 is 0. The molecule has 8 atom stereocenters. The fourth-order valence-electron chi connectivity index (χ4n) is 6.61. The van der Waals surface area contributed by atoms with E-state index in [-0.39, 0.29) is 12.4 Å². The molecule has 0 bridgehead atoms. The second kappa shape index (κ2) is 29.8. The average Bonchev–Trinajstić information content (AvgIpc) is 3.08. The molecule has 1 fully saturated rings. The van der Waals surface area contributed by atoms with Gasteiger partial charge in [-0.05, 0) is 25.7 Å². The monoisotopic (exact) mass is 738 g/mol. The minimum Gasteiger partial charge on any atom is -0.394 e. The van der Waals surface area contributed by atoms with Gasteiger partial charge in [-0.25, -0.2) is 8.75 Å². The maximum absolute atomic E-state index is 13.6. The summed E-state index contributed by atoms with van der Waals surface area (Å²) in [6, 6.07) is -0.819. The van der Waals surface area contributed by atoms with E-state index >= 15 is 0 Å². The number of allylic oxidation sites excluding steroid dienone is 1. The molecule has 0 radical (unpaired) electrons. The molecule has 0 aliphatic carbocycles. The van der Waals surface area contributed by atoms with Crippen LogP contribution in [0.25, 0.3) is 0 Å². The van der Waals surface area contributed by atoms with Crippen LogP contribution in [0.3, 0.4) is 0 Å². The highest BCUT2D eigenvalue weighted by molar-refractivity contribution is 7.92. The van der Waals surface area contributed by atoms with Crippen LogP contribution in [0.15, 0.2) is 16.8 Å². The highest BCUT2D eigenvalue weighted by Crippen LogP contribution is 2.24. The molecule has 0 saturated carbocycles. The lowest BCUT2D eigenvalue weighted by molar-refractivity contribution is -0.302. The third kappa shape index (κ3) is 23.1. The van der Waals surface area contributed by atoms with E-state index in [0.29, 0.717) is 18.6 Å². The number of nitrogens with zero attached hydrogens (tertiary/aromatic N) is 1. The summed E-state index contributed by atoms with van der Waals surface area (Å²) in [5, 5.41) is 51.4. The van der Waals surface area contributed by atoms with Gasteiger partial charge in [-0.2, -0.15) is 0 Å². The number of hydrogen-bond acceptors (Lipinski definition) is 9. The Hall–Kier alpha value is -0.660. The quantitative estimate of drug-likeness (QED) is 0.0427. The maximum atomic E-state index is 13.6. The number of unbranched alkanes of at least 4 members (excludes halogenated alkanes) is 21. The van der Waals surface area contributed by atoms with Crippen LogP contribution in [0.2, 0.25) is 0 Å². The van der Waals surface area contributed by atoms with Crippen molar-refractivity contribution in [2.24, 2.45) is 4.36 Å². The first-order valence-corrected chi connectivity index (χ1v) is 22.2. The van der Waals surface area contributed by atoms with E-state index in [1.54, 1.807) is 6.26 Å². The van der Waals surface area contributed by atoms with Crippen molar-refractivity contribution in [3.63, 3.8) is 0 Å². The maximum Gasteiger partial charge on any atom is 0.186 e. The van der Waals surface area contributed by atoms with Gasteiger partial charge in [0.1, 0.15) is 30.5 Å². The predicted octanol–water partition coefficient (Wildman–Crippen LogP) is 7.89. The zero-order valence-corrected chi connectivity index (χ0v) is 32.6. The number of aliphatic hydroxyl groups excluding tert-OH is 5. The summed E-state index contributed by atoms with van der Waals surface area (Å²) in [4.78, 5) is 0. The molecule has 1 saturated heterocycles. The van der Waals surface area contributed by atoms with Gasteiger partial charge in [0.2, 0.25) is 0 Å². The fourth-order valence-corrected chi connectivity index (χ4v) is 8.23. The molecule has 1 aliphatic heterocycles. The summed E-state index contributed by atoms with van der Waals surface area (Å²) in [6.07, 6.45) is 20.9. The van der Waals surface area contributed by atoms with Crippen LogP contribution >= 0.6 is 0 Å². The second-order valence-electron chi connectivity index (χ2n) is 14.8. The van der Waals surface area contributed by atoms with Crippen molar-refractivity contribution in [3.05, 3.63) is 12.4 Å². The zero-order chi connectivity index (χ0) is 37.0. The minimum absolute atomic E-state index is 0.185. The highest BCUT2D eigenvalue weighted by Gasteiger charge is 2.44. The number of hydrogen-bond donors (Lipinski definition) is 5. The molecule has 6 unspecified atom stereocenters. The van der Waals surface area contributed by atoms with Gasteiger partial charge >= 0.3 is 0 Å². The first-order valence-electron chi connectivity index (χ1n) is 20.1. The van der Waals surface area contributed by atoms with Crippen LogP contribution < -0.4 is 0 Å². The van der Waals surface area contributed by atoms with E-state index in [0.717, 1.165) is 77.0 Å². The van der Waals surface area contributed by atoms with Crippen molar-refractivity contribution < 1.29 is 43.6 Å². The van der Waals surface area contributed by atoms with Gasteiger partial charge in [-0.3, -0.25) is 4.21 Å². The summed E-state index contributed by atoms with van der Waals surface area (Å²) in [6.45, 7) is 4.80. The topological polar surface area (TPSA) is 149 Å². The normalized spacial score (nSPS) is 23.4. The Morgan fingerprint density at radius 1 is 0.760 bits per heavy atom. The molecule has 0 amide bonds. The van der Waals surface area contributed by atoms with E-state index in [1.165, 1.54) is 70.6 Å². The van der Waals surface area contributed by atoms with E-state index in [9.17, 15) is 34.1 Å². The van der Waals surface area contributed by atoms with Crippen molar-refractivity contribution in [1.82, 2.24) is 0 Å². The second-order valence-corrected chi connectivity index (χ2v) is 17.3. The molecule has 5 N–H and O–H groups in total. The van der Waals surface area contributed by atoms with Crippen molar-refractivity contribution in [2.75, 3.05) is 25.2 Å². The van der Waals surface area contributed by atoms with Gasteiger partial charge in [0.05, 0.1) is 25.1 Å². The van der Waals surface area contributed by atoms with Gasteiger partial charge in [0.15, 0.2) is 6.29 Å². The lowest BCUT2D eigenvalue weighted by Crippen LogP contribution is -2.59. The van der Waals surface area contributed by atoms with Crippen molar-refractivity contribution >= 4 is 9.73 Å². The first-order chi connectivity index (χ1) is 24.0. The van der Waals surface area contributed by atoms with E-state index in [1.807, 2.05) is 0 Å². The van der Waals surface area contributed by atoms with Gasteiger partial charge < -0.3 is 35.0 Å². The van der Waals surface area contributed by atoms with Gasteiger partial charge in [-0.15, -0.1) is 0 Å². The fraction of sp³-hybridized carbons (Fsp3) is 0.949. The van der Waals surface area contributed by atoms with Crippen LogP contribution in [-0.2, 0) is 19.2 Å². The van der Waals surface area contributed by atoms with E-state index < -0.39 is 59.2 Å². The Morgan fingerprint density at radius 3 is 1.70 bits per heavy atom. The third-order valence-electron chi connectivity index (χ3n) is 9.91. The first kappa shape index (κ1) is 47.4. The number of aliphatic hydroxyl groups is 5. The average molecular weight is 738 g/mol. The Bertz CT molecular complexity index is 947. The Balaban J connectivity index is 2.53. The summed E-state index contributed by atoms with van der Waals surface area (Å²) in [5.74, 6) is 0.182. The molecule has 50 heavy (non-hydrogen) atoms. The largest absolute Gasteiger partial charge is 0.394 e. The van der Waals surface area contributed by atoms with Crippen molar-refractivity contribution in [2.45, 2.75) is 210 Å². The van der Waals surface area contributed by atoms with Gasteiger partial charge in [-0.1, -0.05) is 148 Å². The Labute approximate surface area is 305 Å². The molecule has 9 nitrogen and oxygen atoms in total. The third-order valence-corrected chi connectivity index (χ3v) is 11.7. The predicted molar refractivity (Wildman–Crippen MR) is 202 cm³/mol. The standard InChI is InChI=1S/C39H76FNO8S/c1-4-5-6-7-8-9-10-11-12-16-19-22-25-28-34(43)33(31-48-39-38(46)37(45)36(44)35(30-42)49-39)41-50(3,47)29-26-23-20-17-14-13-15-18-21-24-27-32(2)40/h33-39,42-46H,2,4-31H2,1,3H3/t33-,34+,35?,36?,37?,38?,39?,50?/m0/s1. The molecular weight excluding hydrogens is 661 g/mol. The van der Waals surface area contributed by atoms with Crippen molar-refractivity contribution in [3.8, 4) is 0 Å². The molecular formula is C39H76FNO8S. The van der Waals surface area contributed by atoms with Gasteiger partial charge in [0, 0.05) is 21.7 Å². The number of halogens is 1. The molecule has 0 aromatic carbocycles. The van der Waals surface area contributed by atoms with Crippen molar-refractivity contribution in [1.29, 1.82) is 0 Å². The Morgan fingerprint density at radius 2 is 1.22 bits per heavy atom. The molecule has 11 heteroatoms. The van der Waals surface area contributed by atoms with Crippen LogP contribution in [0.1, 0.15) is 167 Å². The minimum atomic E-state index is -2.63. The number of ether oxygens (including phenoxy) is 2.